The summed E-state index contributed by atoms with van der Waals surface area (Å²) in [4.78, 5) is 17.6. The number of rotatable bonds is 5. The van der Waals surface area contributed by atoms with Crippen LogP contribution >= 0.6 is 11.3 Å². The molecule has 0 spiro atoms. The lowest BCUT2D eigenvalue weighted by atomic mass is 10.1. The Morgan fingerprint density at radius 1 is 1.00 bits per heavy atom. The van der Waals surface area contributed by atoms with Crippen molar-refractivity contribution in [2.24, 2.45) is 0 Å². The third kappa shape index (κ3) is 3.67. The van der Waals surface area contributed by atoms with Gasteiger partial charge >= 0.3 is 0 Å². The van der Waals surface area contributed by atoms with Crippen LogP contribution < -0.4 is 4.90 Å². The molecule has 0 saturated carbocycles. The largest absolute Gasteiger partial charge is 0.368 e. The molecule has 134 valence electrons. The molecule has 4 heteroatoms. The van der Waals surface area contributed by atoms with Gasteiger partial charge in [0.15, 0.2) is 5.78 Å². The van der Waals surface area contributed by atoms with E-state index in [2.05, 4.69) is 64.4 Å². The molecule has 0 atom stereocenters. The molecule has 1 aliphatic rings. The molecule has 3 nitrogen and oxygen atoms in total. The lowest BCUT2D eigenvalue weighted by molar-refractivity contribution is 0.102. The monoisotopic (exact) mass is 364 g/mol. The van der Waals surface area contributed by atoms with Crippen molar-refractivity contribution in [2.75, 3.05) is 37.6 Å². The van der Waals surface area contributed by atoms with Crippen molar-refractivity contribution in [3.05, 3.63) is 65.0 Å². The van der Waals surface area contributed by atoms with Gasteiger partial charge in [0.25, 0.3) is 0 Å². The van der Waals surface area contributed by atoms with E-state index in [0.717, 1.165) is 44.0 Å². The van der Waals surface area contributed by atoms with Gasteiger partial charge in [-0.3, -0.25) is 9.69 Å². The Kier molecular flexibility index (Phi) is 5.05. The van der Waals surface area contributed by atoms with E-state index in [9.17, 15) is 4.79 Å². The number of carbonyl (C=O) groups is 1. The second-order valence-electron chi connectivity index (χ2n) is 6.92. The Labute approximate surface area is 158 Å². The van der Waals surface area contributed by atoms with Gasteiger partial charge in [-0.15, -0.1) is 11.3 Å². The van der Waals surface area contributed by atoms with Crippen molar-refractivity contribution >= 4 is 32.9 Å². The summed E-state index contributed by atoms with van der Waals surface area (Å²) in [6.07, 6.45) is 1.11. The van der Waals surface area contributed by atoms with Crippen molar-refractivity contribution in [2.45, 2.75) is 13.3 Å². The summed E-state index contributed by atoms with van der Waals surface area (Å²) in [5.41, 5.74) is 2.68. The van der Waals surface area contributed by atoms with E-state index in [0.29, 0.717) is 0 Å². The van der Waals surface area contributed by atoms with Crippen LogP contribution in [0.3, 0.4) is 0 Å². The molecule has 2 heterocycles. The number of hydrogen-bond acceptors (Lipinski definition) is 4. The number of piperazine rings is 1. The number of fused-ring (bicyclic) bond motifs is 1. The highest BCUT2D eigenvalue weighted by Crippen LogP contribution is 2.34. The normalized spacial score (nSPS) is 15.5. The molecule has 0 amide bonds. The Balaban J connectivity index is 1.41. The maximum absolute atomic E-state index is 11.7. The quantitative estimate of drug-likeness (QED) is 0.624. The van der Waals surface area contributed by atoms with E-state index in [1.54, 1.807) is 18.3 Å². The predicted molar refractivity (Wildman–Crippen MR) is 111 cm³/mol. The first-order valence-corrected chi connectivity index (χ1v) is 10.1. The van der Waals surface area contributed by atoms with Gasteiger partial charge in [-0.2, -0.15) is 0 Å². The minimum absolute atomic E-state index is 0.155. The summed E-state index contributed by atoms with van der Waals surface area (Å²) in [6, 6.07) is 19.2. The second kappa shape index (κ2) is 7.60. The summed E-state index contributed by atoms with van der Waals surface area (Å²) >= 11 is 1.60. The van der Waals surface area contributed by atoms with Crippen molar-refractivity contribution in [1.29, 1.82) is 0 Å². The van der Waals surface area contributed by atoms with Crippen LogP contribution in [-0.2, 0) is 6.42 Å². The summed E-state index contributed by atoms with van der Waals surface area (Å²) in [5.74, 6) is 0.155. The van der Waals surface area contributed by atoms with Crippen molar-refractivity contribution < 1.29 is 4.79 Å². The minimum atomic E-state index is 0.155. The highest BCUT2D eigenvalue weighted by atomic mass is 32.1. The first kappa shape index (κ1) is 17.3. The lowest BCUT2D eigenvalue weighted by Crippen LogP contribution is -2.47. The van der Waals surface area contributed by atoms with Gasteiger partial charge < -0.3 is 4.90 Å². The molecule has 0 aliphatic carbocycles. The second-order valence-corrected chi connectivity index (χ2v) is 8.00. The first-order chi connectivity index (χ1) is 12.7. The van der Waals surface area contributed by atoms with Crippen LogP contribution in [-0.4, -0.2) is 43.4 Å². The van der Waals surface area contributed by atoms with Crippen LogP contribution in [0.2, 0.25) is 0 Å². The topological polar surface area (TPSA) is 23.6 Å². The maximum atomic E-state index is 11.7. The van der Waals surface area contributed by atoms with E-state index >= 15 is 0 Å². The third-order valence-electron chi connectivity index (χ3n) is 5.16. The van der Waals surface area contributed by atoms with Crippen LogP contribution in [0.5, 0.6) is 0 Å². The molecule has 2 aromatic carbocycles. The Morgan fingerprint density at radius 2 is 1.77 bits per heavy atom. The maximum Gasteiger partial charge on any atom is 0.169 e. The summed E-state index contributed by atoms with van der Waals surface area (Å²) < 4.78 is 1.21. The van der Waals surface area contributed by atoms with E-state index in [-0.39, 0.29) is 5.78 Å². The highest BCUT2D eigenvalue weighted by Gasteiger charge is 2.19. The molecule has 1 fully saturated rings. The molecular formula is C22H24N2OS. The van der Waals surface area contributed by atoms with Crippen molar-refractivity contribution in [3.8, 4) is 0 Å². The number of Topliss-reactive ketones (excluding diaryl/α,β-unsaturated/α-hetero) is 1. The van der Waals surface area contributed by atoms with Crippen LogP contribution in [0.1, 0.15) is 22.2 Å². The molecule has 1 aromatic heterocycles. The molecule has 4 rings (SSSR count). The summed E-state index contributed by atoms with van der Waals surface area (Å²) in [6.45, 7) is 7.03. The van der Waals surface area contributed by atoms with Crippen LogP contribution in [0.25, 0.3) is 10.1 Å². The molecule has 3 aromatic rings. The fraction of sp³-hybridized carbons (Fsp3) is 0.318. The molecule has 1 saturated heterocycles. The van der Waals surface area contributed by atoms with Gasteiger partial charge in [-0.05, 0) is 37.1 Å². The number of ketones is 1. The zero-order valence-electron chi connectivity index (χ0n) is 15.1. The molecule has 26 heavy (non-hydrogen) atoms. The number of carbonyl (C=O) groups excluding carboxylic acids is 1. The average Bonchev–Trinajstić information content (AvgIpc) is 3.12. The summed E-state index contributed by atoms with van der Waals surface area (Å²) in [5, 5.41) is 1.22. The Bertz CT molecular complexity index is 895. The van der Waals surface area contributed by atoms with Gasteiger partial charge in [-0.1, -0.05) is 36.4 Å². The van der Waals surface area contributed by atoms with Gasteiger partial charge in [-0.25, -0.2) is 0 Å². The lowest BCUT2D eigenvalue weighted by Gasteiger charge is -2.36. The molecule has 0 radical (unpaired) electrons. The summed E-state index contributed by atoms with van der Waals surface area (Å²) in [7, 11) is 0. The standard InChI is InChI=1S/C22H24N2OS/c1-17(25)22-16-19-20(8-5-9-21(19)26-22)24-14-12-23(13-15-24)11-10-18-6-3-2-4-7-18/h2-9,16H,10-15H2,1H3. The predicted octanol–water partition coefficient (Wildman–Crippen LogP) is 4.47. The smallest absolute Gasteiger partial charge is 0.169 e. The zero-order chi connectivity index (χ0) is 17.9. The van der Waals surface area contributed by atoms with Crippen LogP contribution in [0.4, 0.5) is 5.69 Å². The number of hydrogen-bond donors (Lipinski definition) is 0. The number of benzene rings is 2. The number of anilines is 1. The van der Waals surface area contributed by atoms with E-state index in [1.807, 2.05) is 0 Å². The van der Waals surface area contributed by atoms with Gasteiger partial charge in [0.1, 0.15) is 0 Å². The van der Waals surface area contributed by atoms with Gasteiger partial charge in [0, 0.05) is 48.5 Å². The van der Waals surface area contributed by atoms with Crippen molar-refractivity contribution in [1.82, 2.24) is 4.90 Å². The fourth-order valence-electron chi connectivity index (χ4n) is 3.64. The van der Waals surface area contributed by atoms with Gasteiger partial charge in [0.2, 0.25) is 0 Å². The SMILES string of the molecule is CC(=O)c1cc2c(N3CCN(CCc4ccccc4)CC3)cccc2s1. The minimum Gasteiger partial charge on any atom is -0.368 e. The molecular weight excluding hydrogens is 340 g/mol. The zero-order valence-corrected chi connectivity index (χ0v) is 16.0. The van der Waals surface area contributed by atoms with E-state index in [1.165, 1.54) is 21.3 Å². The Morgan fingerprint density at radius 3 is 2.50 bits per heavy atom. The molecule has 0 unspecified atom stereocenters. The number of nitrogens with zero attached hydrogens (tertiary/aromatic N) is 2. The van der Waals surface area contributed by atoms with Crippen LogP contribution in [0, 0.1) is 0 Å². The van der Waals surface area contributed by atoms with E-state index in [4.69, 9.17) is 0 Å². The third-order valence-corrected chi connectivity index (χ3v) is 6.36. The van der Waals surface area contributed by atoms with E-state index < -0.39 is 0 Å². The molecule has 0 N–H and O–H groups in total. The fourth-order valence-corrected chi connectivity index (χ4v) is 4.62. The van der Waals surface area contributed by atoms with Gasteiger partial charge in [0.05, 0.1) is 4.88 Å². The number of thiophene rings is 1. The first-order valence-electron chi connectivity index (χ1n) is 9.25. The average molecular weight is 365 g/mol. The molecule has 1 aliphatic heterocycles. The molecule has 0 bridgehead atoms. The van der Waals surface area contributed by atoms with Crippen molar-refractivity contribution in [3.63, 3.8) is 0 Å². The Hall–Kier alpha value is -2.17. The highest BCUT2D eigenvalue weighted by molar-refractivity contribution is 7.20. The van der Waals surface area contributed by atoms with Crippen LogP contribution in [0.15, 0.2) is 54.6 Å².